The van der Waals surface area contributed by atoms with Gasteiger partial charge in [-0.1, -0.05) is 74.5 Å². The van der Waals surface area contributed by atoms with Gasteiger partial charge in [-0.15, -0.1) is 0 Å². The number of aliphatic hydroxyl groups excluding tert-OH is 1. The highest BCUT2D eigenvalue weighted by Gasteiger charge is 2.40. The molecule has 23 heteroatoms. The number of amides is 9. The zero-order chi connectivity index (χ0) is 52.1. The largest absolute Gasteiger partial charge is 0.480 e. The van der Waals surface area contributed by atoms with E-state index >= 15 is 0 Å². The van der Waals surface area contributed by atoms with Crippen LogP contribution in [0.3, 0.4) is 0 Å². The number of primary amides is 1. The molecule has 1 heterocycles. The quantitative estimate of drug-likeness (QED) is 0.0439. The number of benzene rings is 2. The maximum Gasteiger partial charge on any atom is 0.325 e. The number of hydrogen-bond donors (Lipinski definition) is 11. The number of hydrogen-bond acceptors (Lipinski definition) is 13. The van der Waals surface area contributed by atoms with Gasteiger partial charge in [-0.3, -0.25) is 47.9 Å². The lowest BCUT2D eigenvalue weighted by Gasteiger charge is -2.30. The van der Waals surface area contributed by atoms with Gasteiger partial charge in [-0.25, -0.2) is 0 Å². The molecule has 2 aromatic rings. The number of rotatable bonds is 28. The first-order valence-electron chi connectivity index (χ1n) is 23.0. The Labute approximate surface area is 411 Å². The number of nitrogens with zero attached hydrogens (tertiary/aromatic N) is 1. The summed E-state index contributed by atoms with van der Waals surface area (Å²) in [5.41, 5.74) is 12.2. The van der Waals surface area contributed by atoms with Crippen molar-refractivity contribution in [3.05, 3.63) is 71.8 Å². The summed E-state index contributed by atoms with van der Waals surface area (Å²) in [6.45, 7) is 5.47. The van der Waals surface area contributed by atoms with E-state index in [-0.39, 0.29) is 44.6 Å². The molecule has 1 aliphatic rings. The molecule has 0 radical (unpaired) electrons. The van der Waals surface area contributed by atoms with Gasteiger partial charge in [0.05, 0.1) is 19.1 Å². The number of carboxylic acid groups (broad SMARTS) is 1. The fraction of sp³-hybridized carbons (Fsp3) is 0.532. The van der Waals surface area contributed by atoms with Crippen molar-refractivity contribution < 1.29 is 58.2 Å². The number of nitrogens with two attached hydrogens (primary N) is 2. The molecule has 70 heavy (non-hydrogen) atoms. The Hall–Kier alpha value is -6.59. The molecule has 0 unspecified atom stereocenters. The molecule has 0 bridgehead atoms. The third-order valence-electron chi connectivity index (χ3n) is 11.3. The lowest BCUT2D eigenvalue weighted by atomic mass is 10.0. The molecule has 0 saturated carbocycles. The minimum Gasteiger partial charge on any atom is -0.480 e. The topological polar surface area (TPSA) is 351 Å². The first kappa shape index (κ1) is 57.7. The Balaban J connectivity index is 1.80. The summed E-state index contributed by atoms with van der Waals surface area (Å²) in [5, 5.41) is 37.6. The normalized spacial score (nSPS) is 16.7. The van der Waals surface area contributed by atoms with Crippen LogP contribution in [0, 0.1) is 5.92 Å². The first-order valence-corrected chi connectivity index (χ1v) is 24.4. The summed E-state index contributed by atoms with van der Waals surface area (Å²) >= 11 is 1.40. The summed E-state index contributed by atoms with van der Waals surface area (Å²) in [5.74, 6) is -8.03. The lowest BCUT2D eigenvalue weighted by molar-refractivity contribution is -0.144. The first-order chi connectivity index (χ1) is 33.1. The van der Waals surface area contributed by atoms with Crippen LogP contribution in [0.15, 0.2) is 60.7 Å². The van der Waals surface area contributed by atoms with Gasteiger partial charge < -0.3 is 63.8 Å². The highest BCUT2D eigenvalue weighted by molar-refractivity contribution is 7.98. The molecule has 1 saturated heterocycles. The summed E-state index contributed by atoms with van der Waals surface area (Å²) in [4.78, 5) is 133. The lowest BCUT2D eigenvalue weighted by Crippen LogP contribution is -2.61. The predicted octanol–water partition coefficient (Wildman–Crippen LogP) is -2.03. The van der Waals surface area contributed by atoms with Gasteiger partial charge in [0.2, 0.25) is 53.2 Å². The van der Waals surface area contributed by atoms with E-state index in [0.29, 0.717) is 23.3 Å². The van der Waals surface area contributed by atoms with Crippen LogP contribution in [0.5, 0.6) is 0 Å². The van der Waals surface area contributed by atoms with Crippen molar-refractivity contribution in [1.82, 2.24) is 42.1 Å². The smallest absolute Gasteiger partial charge is 0.325 e. The highest BCUT2D eigenvalue weighted by atomic mass is 32.2. The molecule has 1 fully saturated rings. The van der Waals surface area contributed by atoms with Crippen LogP contribution < -0.4 is 48.7 Å². The van der Waals surface area contributed by atoms with Crippen molar-refractivity contribution >= 4 is 70.9 Å². The number of aliphatic hydroxyl groups is 1. The van der Waals surface area contributed by atoms with Crippen LogP contribution in [-0.4, -0.2) is 154 Å². The Morgan fingerprint density at radius 3 is 1.70 bits per heavy atom. The summed E-state index contributed by atoms with van der Waals surface area (Å²) in [6.07, 6.45) is 2.14. The third kappa shape index (κ3) is 18.7. The molecular formula is C47H68N10O12S. The van der Waals surface area contributed by atoms with Crippen LogP contribution in [0.4, 0.5) is 0 Å². The molecule has 0 spiro atoms. The van der Waals surface area contributed by atoms with E-state index in [1.54, 1.807) is 66.9 Å². The average molecular weight is 997 g/mol. The number of thioether (sulfide) groups is 1. The van der Waals surface area contributed by atoms with Crippen molar-refractivity contribution in [2.75, 3.05) is 25.2 Å². The van der Waals surface area contributed by atoms with Crippen LogP contribution in [0.1, 0.15) is 70.9 Å². The summed E-state index contributed by atoms with van der Waals surface area (Å²) in [7, 11) is 0. The van der Waals surface area contributed by atoms with Crippen LogP contribution in [0.2, 0.25) is 0 Å². The fourth-order valence-electron chi connectivity index (χ4n) is 7.47. The molecular weight excluding hydrogens is 929 g/mol. The number of aliphatic carboxylic acids is 1. The molecule has 9 amide bonds. The second kappa shape index (κ2) is 28.8. The van der Waals surface area contributed by atoms with Crippen LogP contribution in [0.25, 0.3) is 0 Å². The summed E-state index contributed by atoms with van der Waals surface area (Å²) in [6, 6.07) is 5.71. The Morgan fingerprint density at radius 2 is 1.16 bits per heavy atom. The molecule has 0 aliphatic carbocycles. The Bertz CT molecular complexity index is 2140. The number of carbonyl (C=O) groups excluding carboxylic acids is 9. The van der Waals surface area contributed by atoms with Crippen molar-refractivity contribution in [2.45, 2.75) is 127 Å². The van der Waals surface area contributed by atoms with E-state index in [0.717, 1.165) is 0 Å². The monoisotopic (exact) mass is 996 g/mol. The van der Waals surface area contributed by atoms with Crippen LogP contribution >= 0.6 is 11.8 Å². The number of carbonyl (C=O) groups is 10. The number of carboxylic acids is 1. The summed E-state index contributed by atoms with van der Waals surface area (Å²) < 4.78 is 0. The standard InChI is InChI=1S/C47H68N10O12S/c1-26(2)21-33(54-41(62)32(18-20-70-5)52-40(61)31(48)24-38(49)59)42(63)50-27(3)39(60)53-34(22-29-13-8-6-9-14-29)43(64)56-36(25-58)44(65)55-35(23-30-15-10-7-11-16-30)46(67)57-19-12-17-37(57)45(66)51-28(4)47(68)69/h6-11,13-16,26-28,31-37,58H,12,17-25,48H2,1-5H3,(H2,49,59)(H,50,63)(H,51,66)(H,52,61)(H,53,60)(H,54,62)(H,55,65)(H,56,64)(H,68,69)/t27-,28-,31-,32-,33-,34-,35-,36-,37-/m0/s1. The van der Waals surface area contributed by atoms with Crippen molar-refractivity contribution in [2.24, 2.45) is 17.4 Å². The van der Waals surface area contributed by atoms with E-state index in [1.807, 2.05) is 13.8 Å². The van der Waals surface area contributed by atoms with E-state index in [9.17, 15) is 58.2 Å². The van der Waals surface area contributed by atoms with Gasteiger partial charge >= 0.3 is 5.97 Å². The molecule has 384 valence electrons. The molecule has 1 aliphatic heterocycles. The van der Waals surface area contributed by atoms with Crippen LogP contribution in [-0.2, 0) is 60.8 Å². The second-order valence-corrected chi connectivity index (χ2v) is 18.5. The molecule has 2 aromatic carbocycles. The average Bonchev–Trinajstić information content (AvgIpc) is 3.81. The molecule has 22 nitrogen and oxygen atoms in total. The Kier molecular flexibility index (Phi) is 23.7. The molecule has 3 rings (SSSR count). The fourth-order valence-corrected chi connectivity index (χ4v) is 7.94. The second-order valence-electron chi connectivity index (χ2n) is 17.5. The van der Waals surface area contributed by atoms with Gasteiger partial charge in [-0.2, -0.15) is 11.8 Å². The van der Waals surface area contributed by atoms with Crippen molar-refractivity contribution in [3.8, 4) is 0 Å². The Morgan fingerprint density at radius 1 is 0.657 bits per heavy atom. The van der Waals surface area contributed by atoms with E-state index in [1.165, 1.54) is 30.5 Å². The zero-order valence-corrected chi connectivity index (χ0v) is 40.9. The van der Waals surface area contributed by atoms with E-state index in [2.05, 4.69) is 37.2 Å². The maximum atomic E-state index is 14.2. The van der Waals surface area contributed by atoms with Gasteiger partial charge in [0.1, 0.15) is 48.3 Å². The van der Waals surface area contributed by atoms with Gasteiger partial charge in [0.15, 0.2) is 0 Å². The highest BCUT2D eigenvalue weighted by Crippen LogP contribution is 2.20. The van der Waals surface area contributed by atoms with Crippen molar-refractivity contribution in [1.29, 1.82) is 0 Å². The van der Waals surface area contributed by atoms with E-state index < -0.39 is 127 Å². The SMILES string of the molecule is CSCC[C@H](NC(=O)[C@@H](N)CC(N)=O)C(=O)N[C@@H](CC(C)C)C(=O)N[C@@H](C)C(=O)N[C@@H](Cc1ccccc1)C(=O)N[C@@H](CO)C(=O)N[C@@H](Cc1ccccc1)C(=O)N1CCC[C@H]1C(=O)N[C@@H](C)C(=O)O. The van der Waals surface area contributed by atoms with Gasteiger partial charge in [0, 0.05) is 19.4 Å². The number of likely N-dealkylation sites (tertiary alicyclic amines) is 1. The molecule has 13 N–H and O–H groups in total. The predicted molar refractivity (Wildman–Crippen MR) is 259 cm³/mol. The maximum absolute atomic E-state index is 14.2. The van der Waals surface area contributed by atoms with Gasteiger partial charge in [0.25, 0.3) is 0 Å². The van der Waals surface area contributed by atoms with Gasteiger partial charge in [-0.05, 0) is 68.6 Å². The van der Waals surface area contributed by atoms with Crippen molar-refractivity contribution in [3.63, 3.8) is 0 Å². The molecule has 9 atom stereocenters. The van der Waals surface area contributed by atoms with E-state index in [4.69, 9.17) is 11.5 Å². The minimum atomic E-state index is -1.65. The zero-order valence-electron chi connectivity index (χ0n) is 40.1. The third-order valence-corrected chi connectivity index (χ3v) is 11.9. The molecule has 0 aromatic heterocycles. The number of nitrogens with one attached hydrogen (secondary N) is 7. The minimum absolute atomic E-state index is 0.0475.